The Kier molecular flexibility index (Phi) is 2.81. The van der Waals surface area contributed by atoms with Crippen LogP contribution in [0.5, 0.6) is 0 Å². The Labute approximate surface area is 59.1 Å². The lowest BCUT2D eigenvalue weighted by atomic mass is 10.2. The zero-order valence-corrected chi connectivity index (χ0v) is 5.69. The molecule has 0 spiro atoms. The average Bonchev–Trinajstić information content (AvgIpc) is 2.34. The van der Waals surface area contributed by atoms with Crippen molar-refractivity contribution in [2.75, 3.05) is 6.54 Å². The molecule has 1 aliphatic carbocycles. The molecule has 0 atom stereocenters. The van der Waals surface area contributed by atoms with Gasteiger partial charge in [0.1, 0.15) is 0 Å². The van der Waals surface area contributed by atoms with Gasteiger partial charge in [0, 0.05) is 6.04 Å². The molecule has 0 aromatic heterocycles. The molecule has 0 amide bonds. The average molecular weight is 147 g/mol. The smallest absolute Gasteiger partial charge is 0.250 e. The van der Waals surface area contributed by atoms with Gasteiger partial charge in [-0.25, -0.2) is 8.78 Å². The van der Waals surface area contributed by atoms with Crippen molar-refractivity contribution in [3.8, 4) is 0 Å². The Bertz CT molecular complexity index is 115. The first-order valence-electron chi connectivity index (χ1n) is 3.45. The number of rotatable bonds is 3. The summed E-state index contributed by atoms with van der Waals surface area (Å²) in [5.41, 5.74) is 0. The van der Waals surface area contributed by atoms with Crippen LogP contribution in [-0.4, -0.2) is 19.0 Å². The Balaban J connectivity index is 2.03. The molecule has 0 saturated heterocycles. The molecule has 0 bridgehead atoms. The van der Waals surface area contributed by atoms with E-state index < -0.39 is 6.43 Å². The summed E-state index contributed by atoms with van der Waals surface area (Å²) in [5.74, 6) is 0. The minimum Gasteiger partial charge on any atom is -0.308 e. The number of hydrogen-bond acceptors (Lipinski definition) is 1. The summed E-state index contributed by atoms with van der Waals surface area (Å²) in [6.07, 6.45) is 3.60. The fraction of sp³-hybridized carbons (Fsp3) is 0.714. The largest absolute Gasteiger partial charge is 0.308 e. The van der Waals surface area contributed by atoms with Crippen LogP contribution < -0.4 is 5.32 Å². The van der Waals surface area contributed by atoms with Crippen LogP contribution in [0.25, 0.3) is 0 Å². The quantitative estimate of drug-likeness (QED) is 0.597. The van der Waals surface area contributed by atoms with Crippen molar-refractivity contribution in [1.82, 2.24) is 5.32 Å². The second kappa shape index (κ2) is 3.66. The first-order chi connectivity index (χ1) is 4.79. The number of halogens is 2. The van der Waals surface area contributed by atoms with E-state index in [2.05, 4.69) is 5.32 Å². The second-order valence-electron chi connectivity index (χ2n) is 2.44. The van der Waals surface area contributed by atoms with Gasteiger partial charge in [0.05, 0.1) is 6.54 Å². The summed E-state index contributed by atoms with van der Waals surface area (Å²) >= 11 is 0. The molecule has 0 radical (unpaired) electrons. The summed E-state index contributed by atoms with van der Waals surface area (Å²) in [6, 6.07) is 0.258. The third kappa shape index (κ3) is 2.43. The molecule has 1 rings (SSSR count). The molecule has 1 aliphatic rings. The molecule has 0 heterocycles. The van der Waals surface area contributed by atoms with Crippen molar-refractivity contribution in [2.24, 2.45) is 0 Å². The predicted octanol–water partition coefficient (Wildman–Crippen LogP) is 1.56. The Hall–Kier alpha value is -0.440. The van der Waals surface area contributed by atoms with E-state index in [9.17, 15) is 8.78 Å². The lowest BCUT2D eigenvalue weighted by Gasteiger charge is -2.10. The molecule has 0 aliphatic heterocycles. The SMILES string of the molecule is FC(F)CNC1CC=CC1. The third-order valence-corrected chi connectivity index (χ3v) is 1.57. The van der Waals surface area contributed by atoms with Crippen LogP contribution in [0.2, 0.25) is 0 Å². The topological polar surface area (TPSA) is 12.0 Å². The van der Waals surface area contributed by atoms with Gasteiger partial charge in [0.15, 0.2) is 0 Å². The number of alkyl halides is 2. The van der Waals surface area contributed by atoms with E-state index in [0.29, 0.717) is 0 Å². The second-order valence-corrected chi connectivity index (χ2v) is 2.44. The van der Waals surface area contributed by atoms with Crippen molar-refractivity contribution in [3.05, 3.63) is 12.2 Å². The molecule has 0 unspecified atom stereocenters. The molecule has 0 fully saturated rings. The van der Waals surface area contributed by atoms with E-state index in [4.69, 9.17) is 0 Å². The van der Waals surface area contributed by atoms with Crippen LogP contribution in [0.3, 0.4) is 0 Å². The summed E-state index contributed by atoms with van der Waals surface area (Å²) < 4.78 is 23.2. The van der Waals surface area contributed by atoms with E-state index in [1.807, 2.05) is 12.2 Å². The highest BCUT2D eigenvalue weighted by Gasteiger charge is 2.11. The standard InChI is InChI=1S/C7H11F2N/c8-7(9)5-10-6-3-1-2-4-6/h1-2,6-7,10H,3-5H2. The first-order valence-corrected chi connectivity index (χ1v) is 3.45. The Morgan fingerprint density at radius 1 is 1.40 bits per heavy atom. The van der Waals surface area contributed by atoms with E-state index in [-0.39, 0.29) is 12.6 Å². The molecule has 10 heavy (non-hydrogen) atoms. The van der Waals surface area contributed by atoms with Crippen LogP contribution >= 0.6 is 0 Å². The maximum Gasteiger partial charge on any atom is 0.250 e. The van der Waals surface area contributed by atoms with E-state index in [1.54, 1.807) is 0 Å². The lowest BCUT2D eigenvalue weighted by Crippen LogP contribution is -2.30. The third-order valence-electron chi connectivity index (χ3n) is 1.57. The zero-order valence-electron chi connectivity index (χ0n) is 5.69. The monoisotopic (exact) mass is 147 g/mol. The maximum atomic E-state index is 11.6. The molecule has 0 aromatic carbocycles. The van der Waals surface area contributed by atoms with Gasteiger partial charge in [0.25, 0.3) is 6.43 Å². The lowest BCUT2D eigenvalue weighted by molar-refractivity contribution is 0.142. The molecule has 58 valence electrons. The first kappa shape index (κ1) is 7.66. The summed E-state index contributed by atoms with van der Waals surface area (Å²) in [4.78, 5) is 0. The van der Waals surface area contributed by atoms with Crippen molar-refractivity contribution in [3.63, 3.8) is 0 Å². The number of nitrogens with one attached hydrogen (secondary N) is 1. The van der Waals surface area contributed by atoms with Crippen molar-refractivity contribution in [2.45, 2.75) is 25.3 Å². The molecule has 1 nitrogen and oxygen atoms in total. The number of hydrogen-bond donors (Lipinski definition) is 1. The van der Waals surface area contributed by atoms with Gasteiger partial charge in [-0.2, -0.15) is 0 Å². The zero-order chi connectivity index (χ0) is 7.40. The van der Waals surface area contributed by atoms with Gasteiger partial charge in [-0.1, -0.05) is 12.2 Å². The van der Waals surface area contributed by atoms with E-state index in [1.165, 1.54) is 0 Å². The van der Waals surface area contributed by atoms with Crippen LogP contribution in [0, 0.1) is 0 Å². The van der Waals surface area contributed by atoms with E-state index >= 15 is 0 Å². The minimum atomic E-state index is -2.22. The highest BCUT2D eigenvalue weighted by atomic mass is 19.3. The van der Waals surface area contributed by atoms with Crippen LogP contribution in [0.1, 0.15) is 12.8 Å². The van der Waals surface area contributed by atoms with Gasteiger partial charge in [-0.3, -0.25) is 0 Å². The van der Waals surface area contributed by atoms with Crippen LogP contribution in [0.15, 0.2) is 12.2 Å². The molecular formula is C7H11F2N. The molecule has 0 saturated carbocycles. The predicted molar refractivity (Wildman–Crippen MR) is 36.2 cm³/mol. The van der Waals surface area contributed by atoms with Crippen LogP contribution in [0.4, 0.5) is 8.78 Å². The van der Waals surface area contributed by atoms with Gasteiger partial charge < -0.3 is 5.32 Å². The molecule has 0 aromatic rings. The summed E-state index contributed by atoms with van der Waals surface area (Å²) in [7, 11) is 0. The van der Waals surface area contributed by atoms with Gasteiger partial charge in [0.2, 0.25) is 0 Å². The summed E-state index contributed by atoms with van der Waals surface area (Å²) in [6.45, 7) is -0.174. The molecule has 1 N–H and O–H groups in total. The highest BCUT2D eigenvalue weighted by molar-refractivity contribution is 4.97. The minimum absolute atomic E-state index is 0.174. The van der Waals surface area contributed by atoms with Crippen molar-refractivity contribution < 1.29 is 8.78 Å². The van der Waals surface area contributed by atoms with Gasteiger partial charge in [-0.15, -0.1) is 0 Å². The Morgan fingerprint density at radius 2 is 2.00 bits per heavy atom. The van der Waals surface area contributed by atoms with Crippen molar-refractivity contribution in [1.29, 1.82) is 0 Å². The normalized spacial score (nSPS) is 19.1. The van der Waals surface area contributed by atoms with Gasteiger partial charge >= 0.3 is 0 Å². The fourth-order valence-corrected chi connectivity index (χ4v) is 1.04. The fourth-order valence-electron chi connectivity index (χ4n) is 1.04. The highest BCUT2D eigenvalue weighted by Crippen LogP contribution is 2.08. The Morgan fingerprint density at radius 3 is 2.50 bits per heavy atom. The molecular weight excluding hydrogens is 136 g/mol. The maximum absolute atomic E-state index is 11.6. The summed E-state index contributed by atoms with van der Waals surface area (Å²) in [5, 5.41) is 2.77. The van der Waals surface area contributed by atoms with E-state index in [0.717, 1.165) is 12.8 Å². The van der Waals surface area contributed by atoms with Gasteiger partial charge in [-0.05, 0) is 12.8 Å². The van der Waals surface area contributed by atoms with Crippen molar-refractivity contribution >= 4 is 0 Å². The molecule has 3 heteroatoms. The van der Waals surface area contributed by atoms with Crippen LogP contribution in [-0.2, 0) is 0 Å².